The SMILES string of the molecule is C=CC.CC.COC(=O)CNC(=O)C(CO)NC(=O)OC(C)(C)C. The maximum Gasteiger partial charge on any atom is 0.408 e. The average molecular weight is 348 g/mol. The third kappa shape index (κ3) is 18.0. The summed E-state index contributed by atoms with van der Waals surface area (Å²) in [6, 6.07) is -1.19. The van der Waals surface area contributed by atoms with Gasteiger partial charge in [-0.3, -0.25) is 9.59 Å². The van der Waals surface area contributed by atoms with E-state index in [-0.39, 0.29) is 6.54 Å². The van der Waals surface area contributed by atoms with Crippen LogP contribution in [-0.2, 0) is 19.1 Å². The lowest BCUT2D eigenvalue weighted by molar-refractivity contribution is -0.141. The molecule has 0 aliphatic carbocycles. The first-order chi connectivity index (χ1) is 11.1. The molecule has 0 spiro atoms. The van der Waals surface area contributed by atoms with Crippen LogP contribution in [0.4, 0.5) is 4.79 Å². The van der Waals surface area contributed by atoms with Gasteiger partial charge in [0.05, 0.1) is 13.7 Å². The fourth-order valence-corrected chi connectivity index (χ4v) is 0.999. The lowest BCUT2D eigenvalue weighted by atomic mass is 10.2. The van der Waals surface area contributed by atoms with Gasteiger partial charge in [-0.2, -0.15) is 0 Å². The Morgan fingerprint density at radius 2 is 1.71 bits per heavy atom. The second kappa shape index (κ2) is 15.8. The number of rotatable bonds is 5. The van der Waals surface area contributed by atoms with Gasteiger partial charge in [0, 0.05) is 0 Å². The molecule has 0 rings (SSSR count). The molecule has 0 aromatic heterocycles. The fraction of sp³-hybridized carbons (Fsp3) is 0.688. The predicted molar refractivity (Wildman–Crippen MR) is 92.5 cm³/mol. The van der Waals surface area contributed by atoms with Gasteiger partial charge in [0.1, 0.15) is 18.2 Å². The summed E-state index contributed by atoms with van der Waals surface area (Å²) in [5.74, 6) is -1.35. The van der Waals surface area contributed by atoms with Crippen molar-refractivity contribution in [2.45, 2.75) is 53.2 Å². The van der Waals surface area contributed by atoms with E-state index in [1.165, 1.54) is 7.11 Å². The molecule has 0 aliphatic heterocycles. The van der Waals surface area contributed by atoms with E-state index in [9.17, 15) is 14.4 Å². The second-order valence-corrected chi connectivity index (χ2v) is 5.08. The number of carbonyl (C=O) groups excluding carboxylic acids is 3. The molecule has 0 radical (unpaired) electrons. The van der Waals surface area contributed by atoms with Gasteiger partial charge in [0.15, 0.2) is 0 Å². The summed E-state index contributed by atoms with van der Waals surface area (Å²) in [5, 5.41) is 13.4. The smallest absolute Gasteiger partial charge is 0.408 e. The summed E-state index contributed by atoms with van der Waals surface area (Å²) in [4.78, 5) is 33.8. The standard InChI is InChI=1S/C11H20N2O6.C3H6.C2H6/c1-11(2,3)19-10(17)13-7(6-14)9(16)12-5-8(15)18-4;1-3-2;1-2/h7,14H,5-6H2,1-4H3,(H,12,16)(H,13,17);3H,1H2,2H3;1-2H3. The largest absolute Gasteiger partial charge is 0.468 e. The van der Waals surface area contributed by atoms with E-state index in [2.05, 4.69) is 21.9 Å². The number of carbonyl (C=O) groups is 3. The van der Waals surface area contributed by atoms with Crippen LogP contribution in [0.2, 0.25) is 0 Å². The van der Waals surface area contributed by atoms with Crippen molar-refractivity contribution in [3.05, 3.63) is 12.7 Å². The molecular formula is C16H32N2O6. The summed E-state index contributed by atoms with van der Waals surface area (Å²) in [6.45, 7) is 13.3. The first kappa shape index (κ1) is 26.8. The van der Waals surface area contributed by atoms with Crippen LogP contribution in [-0.4, -0.2) is 55.0 Å². The number of hydrogen-bond acceptors (Lipinski definition) is 6. The van der Waals surface area contributed by atoms with Crippen LogP contribution in [0.15, 0.2) is 12.7 Å². The van der Waals surface area contributed by atoms with Crippen molar-refractivity contribution in [2.75, 3.05) is 20.3 Å². The molecule has 0 heterocycles. The lowest BCUT2D eigenvalue weighted by Gasteiger charge is -2.22. The van der Waals surface area contributed by atoms with Gasteiger partial charge in [-0.25, -0.2) is 4.79 Å². The Morgan fingerprint density at radius 3 is 2.04 bits per heavy atom. The molecule has 0 aliphatic rings. The van der Waals surface area contributed by atoms with Gasteiger partial charge in [-0.1, -0.05) is 19.9 Å². The van der Waals surface area contributed by atoms with Crippen LogP contribution >= 0.6 is 0 Å². The Hall–Kier alpha value is -2.09. The quantitative estimate of drug-likeness (QED) is 0.511. The van der Waals surface area contributed by atoms with Crippen LogP contribution in [0.25, 0.3) is 0 Å². The number of amides is 2. The number of aliphatic hydroxyl groups is 1. The summed E-state index contributed by atoms with van der Waals surface area (Å²) in [5.41, 5.74) is -0.716. The molecule has 8 heteroatoms. The van der Waals surface area contributed by atoms with Crippen molar-refractivity contribution in [3.8, 4) is 0 Å². The van der Waals surface area contributed by atoms with Gasteiger partial charge in [0.2, 0.25) is 5.91 Å². The highest BCUT2D eigenvalue weighted by atomic mass is 16.6. The van der Waals surface area contributed by atoms with Crippen LogP contribution in [0.5, 0.6) is 0 Å². The van der Waals surface area contributed by atoms with E-state index in [1.54, 1.807) is 26.8 Å². The fourth-order valence-electron chi connectivity index (χ4n) is 0.999. The minimum atomic E-state index is -1.19. The molecule has 0 saturated heterocycles. The molecule has 0 saturated carbocycles. The predicted octanol–water partition coefficient (Wildman–Crippen LogP) is 1.38. The highest BCUT2D eigenvalue weighted by molar-refractivity contribution is 5.88. The molecule has 24 heavy (non-hydrogen) atoms. The van der Waals surface area contributed by atoms with Crippen molar-refractivity contribution >= 4 is 18.0 Å². The van der Waals surface area contributed by atoms with E-state index >= 15 is 0 Å². The Kier molecular flexibility index (Phi) is 17.6. The van der Waals surface area contributed by atoms with Crippen molar-refractivity contribution in [1.29, 1.82) is 0 Å². The van der Waals surface area contributed by atoms with Crippen molar-refractivity contribution in [3.63, 3.8) is 0 Å². The zero-order valence-electron chi connectivity index (χ0n) is 15.8. The topological polar surface area (TPSA) is 114 Å². The van der Waals surface area contributed by atoms with Gasteiger partial charge >= 0.3 is 12.1 Å². The third-order valence-corrected chi connectivity index (χ3v) is 1.82. The number of methoxy groups -OCH3 is 1. The summed E-state index contributed by atoms with van der Waals surface area (Å²) in [6.07, 6.45) is 0.916. The maximum atomic E-state index is 11.5. The number of nitrogens with one attached hydrogen (secondary N) is 2. The molecule has 3 N–H and O–H groups in total. The van der Waals surface area contributed by atoms with Gasteiger partial charge in [0.25, 0.3) is 0 Å². The Balaban J connectivity index is -0.000000786. The Morgan fingerprint density at radius 1 is 1.25 bits per heavy atom. The van der Waals surface area contributed by atoms with E-state index in [1.807, 2.05) is 20.8 Å². The number of hydrogen-bond donors (Lipinski definition) is 3. The molecule has 2 amide bonds. The molecule has 8 nitrogen and oxygen atoms in total. The molecule has 1 atom stereocenters. The second-order valence-electron chi connectivity index (χ2n) is 5.08. The van der Waals surface area contributed by atoms with Crippen LogP contribution in [0, 0.1) is 0 Å². The summed E-state index contributed by atoms with van der Waals surface area (Å²) < 4.78 is 9.27. The Labute approximate surface area is 144 Å². The Bertz CT molecular complexity index is 377. The zero-order valence-corrected chi connectivity index (χ0v) is 15.8. The van der Waals surface area contributed by atoms with E-state index in [0.717, 1.165) is 0 Å². The monoisotopic (exact) mass is 348 g/mol. The number of esters is 1. The minimum absolute atomic E-state index is 0.345. The average Bonchev–Trinajstić information content (AvgIpc) is 2.50. The minimum Gasteiger partial charge on any atom is -0.468 e. The van der Waals surface area contributed by atoms with Gasteiger partial charge < -0.3 is 25.2 Å². The normalized spacial score (nSPS) is 10.5. The molecule has 0 fully saturated rings. The third-order valence-electron chi connectivity index (χ3n) is 1.82. The molecule has 0 bridgehead atoms. The summed E-state index contributed by atoms with van der Waals surface area (Å²) >= 11 is 0. The molecule has 0 aromatic rings. The van der Waals surface area contributed by atoms with Crippen molar-refractivity contribution < 1.29 is 29.0 Å². The number of aliphatic hydroxyl groups excluding tert-OH is 1. The lowest BCUT2D eigenvalue weighted by Crippen LogP contribution is -2.51. The van der Waals surface area contributed by atoms with E-state index in [4.69, 9.17) is 9.84 Å². The summed E-state index contributed by atoms with van der Waals surface area (Å²) in [7, 11) is 1.18. The van der Waals surface area contributed by atoms with Gasteiger partial charge in [-0.15, -0.1) is 6.58 Å². The van der Waals surface area contributed by atoms with Gasteiger partial charge in [-0.05, 0) is 27.7 Å². The number of ether oxygens (including phenoxy) is 2. The number of allylic oxidation sites excluding steroid dienone is 1. The van der Waals surface area contributed by atoms with Crippen molar-refractivity contribution in [1.82, 2.24) is 10.6 Å². The van der Waals surface area contributed by atoms with Crippen LogP contribution in [0.3, 0.4) is 0 Å². The number of alkyl carbamates (subject to hydrolysis) is 1. The van der Waals surface area contributed by atoms with Crippen LogP contribution in [0.1, 0.15) is 41.5 Å². The van der Waals surface area contributed by atoms with Crippen molar-refractivity contribution in [2.24, 2.45) is 0 Å². The molecule has 142 valence electrons. The molecule has 1 unspecified atom stereocenters. The molecule has 0 aromatic carbocycles. The highest BCUT2D eigenvalue weighted by Crippen LogP contribution is 2.06. The zero-order chi connectivity index (χ0) is 19.8. The highest BCUT2D eigenvalue weighted by Gasteiger charge is 2.23. The van der Waals surface area contributed by atoms with E-state index in [0.29, 0.717) is 0 Å². The first-order valence-electron chi connectivity index (χ1n) is 7.63. The van der Waals surface area contributed by atoms with Crippen LogP contribution < -0.4 is 10.6 Å². The molecular weight excluding hydrogens is 316 g/mol. The maximum absolute atomic E-state index is 11.5. The first-order valence-corrected chi connectivity index (χ1v) is 7.63. The van der Waals surface area contributed by atoms with E-state index < -0.39 is 36.2 Å².